The van der Waals surface area contributed by atoms with E-state index >= 15 is 0 Å². The lowest BCUT2D eigenvalue weighted by atomic mass is 9.57. The van der Waals surface area contributed by atoms with E-state index in [9.17, 15) is 24.3 Å². The van der Waals surface area contributed by atoms with Gasteiger partial charge in [-0.3, -0.25) is 9.69 Å². The van der Waals surface area contributed by atoms with Gasteiger partial charge in [0.2, 0.25) is 0 Å². The summed E-state index contributed by atoms with van der Waals surface area (Å²) in [6, 6.07) is 16.4. The average Bonchev–Trinajstić information content (AvgIpc) is 2.90. The Balaban J connectivity index is 2.05. The number of methoxy groups -OCH3 is 1. The van der Waals surface area contributed by atoms with Crippen molar-refractivity contribution in [2.75, 3.05) is 13.7 Å². The number of ether oxygens (including phenoxy) is 3. The van der Waals surface area contributed by atoms with Gasteiger partial charge in [-0.25, -0.2) is 14.4 Å². The summed E-state index contributed by atoms with van der Waals surface area (Å²) in [5, 5.41) is 10.6. The Morgan fingerprint density at radius 1 is 0.947 bits per heavy atom. The molecule has 0 saturated carbocycles. The number of hydrogen-bond donors (Lipinski definition) is 1. The highest BCUT2D eigenvalue weighted by Crippen LogP contribution is 2.51. The lowest BCUT2D eigenvalue weighted by molar-refractivity contribution is -0.179. The number of aliphatic carboxylic acids is 1. The molecule has 2 aromatic carbocycles. The van der Waals surface area contributed by atoms with Crippen LogP contribution in [0.5, 0.6) is 0 Å². The number of esters is 2. The van der Waals surface area contributed by atoms with Gasteiger partial charge in [0.05, 0.1) is 7.11 Å². The zero-order valence-electron chi connectivity index (χ0n) is 22.0. The molecule has 2 aromatic rings. The monoisotopic (exact) mass is 523 g/mol. The number of carbonyl (C=O) groups is 4. The number of nitrogens with zero attached hydrogens (tertiary/aromatic N) is 1. The number of carboxylic acids is 1. The minimum Gasteiger partial charge on any atom is -0.481 e. The largest absolute Gasteiger partial charge is 0.481 e. The van der Waals surface area contributed by atoms with Crippen molar-refractivity contribution < 1.29 is 38.5 Å². The molecule has 1 aliphatic rings. The summed E-state index contributed by atoms with van der Waals surface area (Å²) in [5.41, 5.74) is -1.16. The number of likely N-dealkylation sites (tertiary alicyclic amines) is 1. The quantitative estimate of drug-likeness (QED) is 0.323. The van der Waals surface area contributed by atoms with Crippen LogP contribution in [0.4, 0.5) is 4.79 Å². The first-order valence-electron chi connectivity index (χ1n) is 12.2. The van der Waals surface area contributed by atoms with Gasteiger partial charge in [0, 0.05) is 12.6 Å². The van der Waals surface area contributed by atoms with Gasteiger partial charge in [0.1, 0.15) is 24.7 Å². The number of rotatable bonds is 7. The van der Waals surface area contributed by atoms with E-state index in [2.05, 4.69) is 0 Å². The summed E-state index contributed by atoms with van der Waals surface area (Å²) in [4.78, 5) is 53.3. The van der Waals surface area contributed by atoms with Crippen LogP contribution in [0.25, 0.3) is 0 Å². The molecule has 1 heterocycles. The maximum atomic E-state index is 13.7. The maximum absolute atomic E-state index is 13.7. The fourth-order valence-electron chi connectivity index (χ4n) is 4.71. The highest BCUT2D eigenvalue weighted by Gasteiger charge is 2.63. The van der Waals surface area contributed by atoms with E-state index < -0.39 is 40.9 Å². The molecule has 0 unspecified atom stereocenters. The van der Waals surface area contributed by atoms with Crippen molar-refractivity contribution in [3.05, 3.63) is 83.4 Å². The topological polar surface area (TPSA) is 119 Å². The summed E-state index contributed by atoms with van der Waals surface area (Å²) in [6.07, 6.45) is 0.0850. The van der Waals surface area contributed by atoms with Crippen LogP contribution in [0.1, 0.15) is 38.3 Å². The van der Waals surface area contributed by atoms with Gasteiger partial charge in [-0.1, -0.05) is 81.4 Å². The van der Waals surface area contributed by atoms with Crippen molar-refractivity contribution in [3.8, 4) is 0 Å². The fraction of sp³-hybridized carbons (Fsp3) is 0.379. The van der Waals surface area contributed by atoms with Crippen LogP contribution < -0.4 is 0 Å². The van der Waals surface area contributed by atoms with Crippen molar-refractivity contribution in [2.24, 2.45) is 10.8 Å². The lowest BCUT2D eigenvalue weighted by Gasteiger charge is -2.52. The van der Waals surface area contributed by atoms with Gasteiger partial charge in [-0.05, 0) is 28.5 Å². The van der Waals surface area contributed by atoms with E-state index in [4.69, 9.17) is 14.2 Å². The predicted octanol–water partition coefficient (Wildman–Crippen LogP) is 4.36. The first-order chi connectivity index (χ1) is 18.0. The Bertz CT molecular complexity index is 1190. The molecule has 1 N–H and O–H groups in total. The lowest BCUT2D eigenvalue weighted by Crippen LogP contribution is -2.66. The number of carbonyl (C=O) groups excluding carboxylic acids is 3. The van der Waals surface area contributed by atoms with Gasteiger partial charge >= 0.3 is 24.0 Å². The van der Waals surface area contributed by atoms with E-state index in [1.807, 2.05) is 12.1 Å². The normalized spacial score (nSPS) is 20.5. The van der Waals surface area contributed by atoms with Crippen LogP contribution in [0, 0.1) is 10.8 Å². The summed E-state index contributed by atoms with van der Waals surface area (Å²) in [5.74, 6) is -2.88. The Kier molecular flexibility index (Phi) is 8.93. The maximum Gasteiger partial charge on any atom is 0.411 e. The molecular weight excluding hydrogens is 490 g/mol. The van der Waals surface area contributed by atoms with Crippen LogP contribution in [0.3, 0.4) is 0 Å². The molecule has 38 heavy (non-hydrogen) atoms. The third-order valence-corrected chi connectivity index (χ3v) is 6.79. The van der Waals surface area contributed by atoms with Crippen LogP contribution >= 0.6 is 0 Å². The molecule has 0 aliphatic carbocycles. The van der Waals surface area contributed by atoms with Crippen LogP contribution in [-0.4, -0.2) is 53.7 Å². The molecule has 0 spiro atoms. The third kappa shape index (κ3) is 6.22. The summed E-state index contributed by atoms with van der Waals surface area (Å²) in [7, 11) is 1.20. The Morgan fingerprint density at radius 3 is 1.95 bits per heavy atom. The van der Waals surface area contributed by atoms with E-state index in [1.165, 1.54) is 7.11 Å². The van der Waals surface area contributed by atoms with E-state index in [1.54, 1.807) is 69.3 Å². The average molecular weight is 524 g/mol. The van der Waals surface area contributed by atoms with Crippen molar-refractivity contribution in [1.29, 1.82) is 0 Å². The standard InChI is InChI=1S/C29H33NO8/c1-28(2,3)29(26(33)34)16-22(15-23(31)36-4)17-30(27(35)38-19-21-13-9-6-10-14-21)24(29)25(32)37-18-20-11-7-5-8-12-20/h5-15,24H,16-19H2,1-4H3,(H,33,34)/t24-,29+/m1/s1. The summed E-state index contributed by atoms with van der Waals surface area (Å²) < 4.78 is 15.8. The van der Waals surface area contributed by atoms with Crippen molar-refractivity contribution in [1.82, 2.24) is 4.90 Å². The van der Waals surface area contributed by atoms with Gasteiger partial charge < -0.3 is 19.3 Å². The molecule has 9 nitrogen and oxygen atoms in total. The zero-order chi connectivity index (χ0) is 27.9. The summed E-state index contributed by atoms with van der Waals surface area (Å²) >= 11 is 0. The highest BCUT2D eigenvalue weighted by molar-refractivity contribution is 5.92. The first-order valence-corrected chi connectivity index (χ1v) is 12.2. The predicted molar refractivity (Wildman–Crippen MR) is 138 cm³/mol. The van der Waals surface area contributed by atoms with E-state index in [-0.39, 0.29) is 26.2 Å². The van der Waals surface area contributed by atoms with Crippen molar-refractivity contribution in [2.45, 2.75) is 46.4 Å². The molecule has 1 saturated heterocycles. The molecule has 0 bridgehead atoms. The number of piperidine rings is 1. The smallest absolute Gasteiger partial charge is 0.411 e. The van der Waals surface area contributed by atoms with Crippen molar-refractivity contribution >= 4 is 24.0 Å². The minimum atomic E-state index is -1.84. The molecule has 0 aromatic heterocycles. The number of carboxylic acid groups (broad SMARTS) is 1. The van der Waals surface area contributed by atoms with Gasteiger partial charge in [-0.2, -0.15) is 0 Å². The summed E-state index contributed by atoms with van der Waals surface area (Å²) in [6.45, 7) is 4.62. The molecule has 202 valence electrons. The molecule has 3 rings (SSSR count). The number of benzene rings is 2. The minimum absolute atomic E-state index is 0.0897. The number of hydrogen-bond acceptors (Lipinski definition) is 7. The second-order valence-corrected chi connectivity index (χ2v) is 10.2. The van der Waals surface area contributed by atoms with Crippen molar-refractivity contribution in [3.63, 3.8) is 0 Å². The van der Waals surface area contributed by atoms with E-state index in [0.29, 0.717) is 16.7 Å². The number of amides is 1. The van der Waals surface area contributed by atoms with E-state index in [0.717, 1.165) is 11.0 Å². The molecule has 9 heteroatoms. The van der Waals surface area contributed by atoms with Gasteiger partial charge in [-0.15, -0.1) is 0 Å². The fourth-order valence-corrected chi connectivity index (χ4v) is 4.71. The molecule has 1 aliphatic heterocycles. The van der Waals surface area contributed by atoms with Crippen LogP contribution in [-0.2, 0) is 41.8 Å². The molecule has 1 fully saturated rings. The van der Waals surface area contributed by atoms with Gasteiger partial charge in [0.25, 0.3) is 0 Å². The van der Waals surface area contributed by atoms with Crippen LogP contribution in [0.2, 0.25) is 0 Å². The Hall–Kier alpha value is -4.14. The molecule has 2 atom stereocenters. The zero-order valence-corrected chi connectivity index (χ0v) is 22.0. The van der Waals surface area contributed by atoms with Crippen LogP contribution in [0.15, 0.2) is 72.3 Å². The SMILES string of the molecule is COC(=O)C=C1CN(C(=O)OCc2ccccc2)[C@H](C(=O)OCc2ccccc2)[C@@](C(=O)O)(C(C)(C)C)C1. The Labute approximate surface area is 222 Å². The van der Waals surface area contributed by atoms with Gasteiger partial charge in [0.15, 0.2) is 0 Å². The Morgan fingerprint density at radius 2 is 1.47 bits per heavy atom. The first kappa shape index (κ1) is 28.4. The molecule has 1 amide bonds. The highest BCUT2D eigenvalue weighted by atomic mass is 16.6. The second kappa shape index (κ2) is 11.9. The second-order valence-electron chi connectivity index (χ2n) is 10.2. The molecular formula is C29H33NO8. The third-order valence-electron chi connectivity index (χ3n) is 6.79. The molecule has 0 radical (unpaired) electrons.